The minimum absolute atomic E-state index is 0.0262. The molecule has 9 atom stereocenters. The van der Waals surface area contributed by atoms with Crippen LogP contribution in [0.3, 0.4) is 0 Å². The lowest BCUT2D eigenvalue weighted by Gasteiger charge is -2.61. The zero-order valence-electron chi connectivity index (χ0n) is 17.4. The Labute approximate surface area is 161 Å². The Bertz CT molecular complexity index is 504. The molecular weight excluding hydrogens is 320 g/mol. The molecule has 4 saturated carbocycles. The first-order valence-electron chi connectivity index (χ1n) is 11.7. The van der Waals surface area contributed by atoms with Gasteiger partial charge in [0.1, 0.15) is 0 Å². The van der Waals surface area contributed by atoms with E-state index in [2.05, 4.69) is 20.8 Å². The number of fused-ring (bicyclic) bond motifs is 5. The van der Waals surface area contributed by atoms with Gasteiger partial charge in [0.25, 0.3) is 0 Å². The maximum atomic E-state index is 10.2. The first-order valence-corrected chi connectivity index (χ1v) is 11.7. The second-order valence-electron chi connectivity index (χ2n) is 11.2. The Kier molecular flexibility index (Phi) is 5.23. The van der Waals surface area contributed by atoms with E-state index in [1.165, 1.54) is 51.4 Å². The normalized spacial score (nSPS) is 52.0. The molecule has 26 heavy (non-hydrogen) atoms. The summed E-state index contributed by atoms with van der Waals surface area (Å²) in [6.07, 6.45) is 14.1. The molecule has 4 fully saturated rings. The minimum Gasteiger partial charge on any atom is -0.396 e. The third-order valence-corrected chi connectivity index (χ3v) is 10.2. The first kappa shape index (κ1) is 19.2. The second-order valence-corrected chi connectivity index (χ2v) is 11.2. The second kappa shape index (κ2) is 7.07. The molecule has 0 spiro atoms. The van der Waals surface area contributed by atoms with E-state index in [1.807, 2.05) is 0 Å². The average Bonchev–Trinajstić information content (AvgIpc) is 2.97. The highest BCUT2D eigenvalue weighted by Crippen LogP contribution is 2.68. The van der Waals surface area contributed by atoms with Crippen molar-refractivity contribution in [2.24, 2.45) is 46.3 Å². The van der Waals surface area contributed by atoms with E-state index in [0.717, 1.165) is 54.8 Å². The van der Waals surface area contributed by atoms with Crippen molar-refractivity contribution >= 4 is 0 Å². The highest BCUT2D eigenvalue weighted by atomic mass is 16.3. The van der Waals surface area contributed by atoms with Crippen LogP contribution >= 0.6 is 0 Å². The van der Waals surface area contributed by atoms with Gasteiger partial charge in [0, 0.05) is 6.61 Å². The highest BCUT2D eigenvalue weighted by Gasteiger charge is 2.60. The van der Waals surface area contributed by atoms with Gasteiger partial charge in [-0.25, -0.2) is 0 Å². The van der Waals surface area contributed by atoms with Gasteiger partial charge in [0.15, 0.2) is 0 Å². The van der Waals surface area contributed by atoms with Gasteiger partial charge >= 0.3 is 0 Å². The van der Waals surface area contributed by atoms with Crippen LogP contribution in [0.5, 0.6) is 0 Å². The number of hydrogen-bond donors (Lipinski definition) is 2. The van der Waals surface area contributed by atoms with Crippen LogP contribution < -0.4 is 0 Å². The van der Waals surface area contributed by atoms with E-state index in [0.29, 0.717) is 17.4 Å². The van der Waals surface area contributed by atoms with Crippen molar-refractivity contribution in [1.82, 2.24) is 0 Å². The number of aliphatic hydroxyl groups excluding tert-OH is 2. The molecule has 4 aliphatic carbocycles. The van der Waals surface area contributed by atoms with Crippen LogP contribution in [0.2, 0.25) is 0 Å². The Morgan fingerprint density at radius 3 is 2.42 bits per heavy atom. The zero-order chi connectivity index (χ0) is 18.5. The summed E-state index contributed by atoms with van der Waals surface area (Å²) in [5.41, 5.74) is 1.05. The van der Waals surface area contributed by atoms with Crippen molar-refractivity contribution in [3.63, 3.8) is 0 Å². The largest absolute Gasteiger partial charge is 0.396 e. The SMILES string of the molecule is C[C@H](CCCO)[C@@H]1CC[C@@H]2[C@@H]3CC[C@@H]4C[C@H](O)CC[C@]4(C)[C@H]3CC[C@]21C. The third kappa shape index (κ3) is 2.89. The zero-order valence-corrected chi connectivity index (χ0v) is 17.4. The quantitative estimate of drug-likeness (QED) is 0.701. The predicted octanol–water partition coefficient (Wildman–Crippen LogP) is 5.41. The van der Waals surface area contributed by atoms with Crippen LogP contribution in [-0.4, -0.2) is 22.9 Å². The van der Waals surface area contributed by atoms with Gasteiger partial charge in [0.2, 0.25) is 0 Å². The number of rotatable bonds is 4. The molecule has 0 aliphatic heterocycles. The van der Waals surface area contributed by atoms with Crippen LogP contribution in [0.4, 0.5) is 0 Å². The molecule has 0 saturated heterocycles. The summed E-state index contributed by atoms with van der Waals surface area (Å²) in [5.74, 6) is 5.22. The molecule has 0 radical (unpaired) electrons. The summed E-state index contributed by atoms with van der Waals surface area (Å²) < 4.78 is 0. The molecule has 2 N–H and O–H groups in total. The third-order valence-electron chi connectivity index (χ3n) is 10.2. The van der Waals surface area contributed by atoms with Crippen molar-refractivity contribution < 1.29 is 10.2 Å². The first-order chi connectivity index (χ1) is 12.4. The van der Waals surface area contributed by atoms with Gasteiger partial charge < -0.3 is 10.2 Å². The van der Waals surface area contributed by atoms with E-state index in [-0.39, 0.29) is 6.10 Å². The van der Waals surface area contributed by atoms with Crippen molar-refractivity contribution in [1.29, 1.82) is 0 Å². The molecule has 0 unspecified atom stereocenters. The van der Waals surface area contributed by atoms with Crippen molar-refractivity contribution in [2.45, 2.75) is 97.5 Å². The molecule has 2 nitrogen and oxygen atoms in total. The molecule has 150 valence electrons. The maximum absolute atomic E-state index is 10.2. The van der Waals surface area contributed by atoms with Crippen LogP contribution in [-0.2, 0) is 0 Å². The summed E-state index contributed by atoms with van der Waals surface area (Å²) in [6, 6.07) is 0. The fourth-order valence-electron chi connectivity index (χ4n) is 8.83. The number of hydrogen-bond acceptors (Lipinski definition) is 2. The molecule has 0 heterocycles. The fraction of sp³-hybridized carbons (Fsp3) is 1.00. The molecule has 2 heteroatoms. The summed E-state index contributed by atoms with van der Waals surface area (Å²) >= 11 is 0. The lowest BCUT2D eigenvalue weighted by molar-refractivity contribution is -0.129. The lowest BCUT2D eigenvalue weighted by atomic mass is 9.44. The lowest BCUT2D eigenvalue weighted by Crippen LogP contribution is -2.54. The molecular formula is C24H42O2. The van der Waals surface area contributed by atoms with Gasteiger partial charge in [-0.15, -0.1) is 0 Å². The summed E-state index contributed by atoms with van der Waals surface area (Å²) in [5, 5.41) is 19.4. The van der Waals surface area contributed by atoms with Gasteiger partial charge in [-0.05, 0) is 117 Å². The monoisotopic (exact) mass is 362 g/mol. The standard InChI is InChI=1S/C24H42O2/c1-16(5-4-14-25)20-8-9-21-19-7-6-17-15-18(26)10-12-23(17,2)22(19)11-13-24(20,21)3/h16-22,25-26H,4-15H2,1-3H3/t16-,17-,18-,19+,20+,21-,22+,23+,24+/m1/s1. The Hall–Kier alpha value is -0.0800. The van der Waals surface area contributed by atoms with Crippen LogP contribution in [0.15, 0.2) is 0 Å². The minimum atomic E-state index is -0.0262. The summed E-state index contributed by atoms with van der Waals surface area (Å²) in [6.45, 7) is 8.05. The molecule has 0 aromatic heterocycles. The summed E-state index contributed by atoms with van der Waals surface area (Å²) in [7, 11) is 0. The Balaban J connectivity index is 1.52. The highest BCUT2D eigenvalue weighted by molar-refractivity contribution is 5.09. The van der Waals surface area contributed by atoms with Crippen molar-refractivity contribution in [3.05, 3.63) is 0 Å². The van der Waals surface area contributed by atoms with Crippen molar-refractivity contribution in [2.75, 3.05) is 6.61 Å². The van der Waals surface area contributed by atoms with E-state index in [4.69, 9.17) is 0 Å². The van der Waals surface area contributed by atoms with E-state index in [9.17, 15) is 10.2 Å². The van der Waals surface area contributed by atoms with Crippen LogP contribution in [0.25, 0.3) is 0 Å². The average molecular weight is 363 g/mol. The molecule has 4 rings (SSSR count). The Morgan fingerprint density at radius 1 is 0.923 bits per heavy atom. The molecule has 4 aliphatic rings. The maximum Gasteiger partial charge on any atom is 0.0543 e. The van der Waals surface area contributed by atoms with Gasteiger partial charge in [-0.3, -0.25) is 0 Å². The molecule has 0 aromatic rings. The van der Waals surface area contributed by atoms with Gasteiger partial charge in [-0.1, -0.05) is 20.8 Å². The van der Waals surface area contributed by atoms with Crippen LogP contribution in [0.1, 0.15) is 91.4 Å². The Morgan fingerprint density at radius 2 is 1.65 bits per heavy atom. The topological polar surface area (TPSA) is 40.5 Å². The molecule has 0 bridgehead atoms. The number of aliphatic hydroxyl groups is 2. The summed E-state index contributed by atoms with van der Waals surface area (Å²) in [4.78, 5) is 0. The van der Waals surface area contributed by atoms with Gasteiger partial charge in [0.05, 0.1) is 6.10 Å². The fourth-order valence-corrected chi connectivity index (χ4v) is 8.83. The van der Waals surface area contributed by atoms with Gasteiger partial charge in [-0.2, -0.15) is 0 Å². The molecule has 0 aromatic carbocycles. The van der Waals surface area contributed by atoms with E-state index in [1.54, 1.807) is 0 Å². The molecule has 0 amide bonds. The smallest absolute Gasteiger partial charge is 0.0543 e. The van der Waals surface area contributed by atoms with E-state index >= 15 is 0 Å². The van der Waals surface area contributed by atoms with Crippen LogP contribution in [0, 0.1) is 46.3 Å². The van der Waals surface area contributed by atoms with Crippen molar-refractivity contribution in [3.8, 4) is 0 Å². The predicted molar refractivity (Wildman–Crippen MR) is 107 cm³/mol. The van der Waals surface area contributed by atoms with E-state index < -0.39 is 0 Å².